The highest BCUT2D eigenvalue weighted by Gasteiger charge is 2.37. The van der Waals surface area contributed by atoms with E-state index in [-0.39, 0.29) is 24.2 Å². The maximum absolute atomic E-state index is 10.5. The molecule has 2 rings (SSSR count). The van der Waals surface area contributed by atoms with Crippen LogP contribution >= 0.6 is 0 Å². The van der Waals surface area contributed by atoms with E-state index < -0.39 is 11.8 Å². The molecule has 1 aliphatic rings. The van der Waals surface area contributed by atoms with E-state index in [1.54, 1.807) is 12.1 Å². The van der Waals surface area contributed by atoms with Crippen LogP contribution < -0.4 is 0 Å². The zero-order chi connectivity index (χ0) is 18.3. The Bertz CT molecular complexity index is 594. The summed E-state index contributed by atoms with van der Waals surface area (Å²) in [5.74, 6) is -1.05. The minimum atomic E-state index is -0.742. The summed E-state index contributed by atoms with van der Waals surface area (Å²) in [5, 5.41) is 18.8. The summed E-state index contributed by atoms with van der Waals surface area (Å²) in [6.07, 6.45) is 7.42. The topological polar surface area (TPSA) is 76.0 Å². The zero-order valence-corrected chi connectivity index (χ0v) is 15.0. The van der Waals surface area contributed by atoms with E-state index in [0.29, 0.717) is 13.0 Å². The fourth-order valence-corrected chi connectivity index (χ4v) is 3.00. The average molecular weight is 348 g/mol. The molecule has 1 aliphatic heterocycles. The number of phenolic OH excluding ortho intramolecular Hbond substituents is 1. The van der Waals surface area contributed by atoms with Crippen molar-refractivity contribution in [2.45, 2.75) is 57.8 Å². The van der Waals surface area contributed by atoms with Crippen molar-refractivity contribution in [1.29, 1.82) is 0 Å². The molecule has 2 N–H and O–H groups in total. The van der Waals surface area contributed by atoms with Gasteiger partial charge in [-0.3, -0.25) is 4.79 Å². The molecule has 1 fully saturated rings. The third kappa shape index (κ3) is 6.18. The highest BCUT2D eigenvalue weighted by Crippen LogP contribution is 2.41. The molecule has 25 heavy (non-hydrogen) atoms. The predicted molar refractivity (Wildman–Crippen MR) is 95.3 cm³/mol. The van der Waals surface area contributed by atoms with E-state index in [9.17, 15) is 9.90 Å². The van der Waals surface area contributed by atoms with E-state index in [1.165, 1.54) is 0 Å². The second-order valence-electron chi connectivity index (χ2n) is 6.91. The number of benzene rings is 1. The van der Waals surface area contributed by atoms with Crippen LogP contribution in [0.4, 0.5) is 0 Å². The van der Waals surface area contributed by atoms with Crippen LogP contribution in [-0.4, -0.2) is 28.6 Å². The third-order valence-corrected chi connectivity index (χ3v) is 4.34. The number of rotatable bonds is 8. The highest BCUT2D eigenvalue weighted by molar-refractivity contribution is 5.66. The van der Waals surface area contributed by atoms with Gasteiger partial charge in [-0.15, -0.1) is 0 Å². The van der Waals surface area contributed by atoms with Crippen LogP contribution in [0.3, 0.4) is 0 Å². The Hall–Kier alpha value is -1.85. The molecule has 0 radical (unpaired) electrons. The van der Waals surface area contributed by atoms with Gasteiger partial charge in [0.05, 0.1) is 12.7 Å². The molecule has 0 unspecified atom stereocenters. The summed E-state index contributed by atoms with van der Waals surface area (Å²) in [6, 6.07) is 7.27. The first-order valence-electron chi connectivity index (χ1n) is 8.85. The van der Waals surface area contributed by atoms with Crippen molar-refractivity contribution in [3.8, 4) is 5.75 Å². The van der Waals surface area contributed by atoms with Gasteiger partial charge in [0.2, 0.25) is 0 Å². The van der Waals surface area contributed by atoms with E-state index in [0.717, 1.165) is 24.8 Å². The molecule has 5 heteroatoms. The molecule has 0 amide bonds. The van der Waals surface area contributed by atoms with Crippen LogP contribution in [-0.2, 0) is 14.3 Å². The van der Waals surface area contributed by atoms with Crippen molar-refractivity contribution < 1.29 is 24.5 Å². The van der Waals surface area contributed by atoms with Gasteiger partial charge in [0.15, 0.2) is 5.79 Å². The first kappa shape index (κ1) is 19.5. The van der Waals surface area contributed by atoms with Crippen LogP contribution in [0.5, 0.6) is 5.75 Å². The predicted octanol–water partition coefficient (Wildman–Crippen LogP) is 4.42. The molecular weight excluding hydrogens is 320 g/mol. The number of para-hydroxylation sites is 1. The molecule has 1 aromatic carbocycles. The zero-order valence-electron chi connectivity index (χ0n) is 15.0. The summed E-state index contributed by atoms with van der Waals surface area (Å²) in [5.41, 5.74) is 0.790. The Morgan fingerprint density at radius 2 is 2.04 bits per heavy atom. The fourth-order valence-electron chi connectivity index (χ4n) is 3.00. The normalized spacial score (nSPS) is 23.0. The molecular formula is C20H28O5. The van der Waals surface area contributed by atoms with Gasteiger partial charge in [-0.25, -0.2) is 0 Å². The summed E-state index contributed by atoms with van der Waals surface area (Å²) in [6.45, 7) is 4.33. The third-order valence-electron chi connectivity index (χ3n) is 4.34. The lowest BCUT2D eigenvalue weighted by Gasteiger charge is -2.41. The number of aliphatic carboxylic acids is 1. The number of ether oxygens (including phenoxy) is 2. The molecule has 5 nitrogen and oxygen atoms in total. The standard InChI is InChI=1S/C20H28O5/c1-20(2)24-14-15(10-6-4-3-5-7-13-18(22)23)19(25-20)16-11-8-9-12-17(16)21/h4,6,8-9,11-12,15,19,21H,3,5,7,10,13-14H2,1-2H3,(H,22,23)/t15-,19+/m1/s1. The Labute approximate surface area is 149 Å². The van der Waals surface area contributed by atoms with E-state index in [1.807, 2.05) is 26.0 Å². The molecule has 0 aromatic heterocycles. The monoisotopic (exact) mass is 348 g/mol. The smallest absolute Gasteiger partial charge is 0.303 e. The van der Waals surface area contributed by atoms with Crippen molar-refractivity contribution in [2.24, 2.45) is 5.92 Å². The Kier molecular flexibility index (Phi) is 7.02. The maximum Gasteiger partial charge on any atom is 0.303 e. The van der Waals surface area contributed by atoms with Gasteiger partial charge in [0.1, 0.15) is 5.75 Å². The van der Waals surface area contributed by atoms with Gasteiger partial charge < -0.3 is 19.7 Å². The average Bonchev–Trinajstić information content (AvgIpc) is 2.55. The van der Waals surface area contributed by atoms with Gasteiger partial charge >= 0.3 is 5.97 Å². The van der Waals surface area contributed by atoms with Gasteiger partial charge in [-0.1, -0.05) is 30.4 Å². The van der Waals surface area contributed by atoms with Gasteiger partial charge in [0, 0.05) is 17.9 Å². The molecule has 0 spiro atoms. The van der Waals surface area contributed by atoms with Crippen molar-refractivity contribution in [3.05, 3.63) is 42.0 Å². The number of unbranched alkanes of at least 4 members (excludes halogenated alkanes) is 2. The molecule has 1 heterocycles. The van der Waals surface area contributed by atoms with Gasteiger partial charge in [-0.05, 0) is 45.6 Å². The lowest BCUT2D eigenvalue weighted by molar-refractivity contribution is -0.295. The Balaban J connectivity index is 1.93. The van der Waals surface area contributed by atoms with Crippen LogP contribution in [0.1, 0.15) is 57.6 Å². The van der Waals surface area contributed by atoms with Crippen molar-refractivity contribution in [1.82, 2.24) is 0 Å². The number of allylic oxidation sites excluding steroid dienone is 2. The fraction of sp³-hybridized carbons (Fsp3) is 0.550. The minimum absolute atomic E-state index is 0.122. The Morgan fingerprint density at radius 1 is 1.28 bits per heavy atom. The number of carbonyl (C=O) groups is 1. The second kappa shape index (κ2) is 9.02. The van der Waals surface area contributed by atoms with Crippen LogP contribution in [0, 0.1) is 5.92 Å². The molecule has 0 saturated carbocycles. The Morgan fingerprint density at radius 3 is 2.76 bits per heavy atom. The maximum atomic E-state index is 10.5. The van der Waals surface area contributed by atoms with Crippen LogP contribution in [0.2, 0.25) is 0 Å². The number of carboxylic acid groups (broad SMARTS) is 1. The molecule has 0 aliphatic carbocycles. The van der Waals surface area contributed by atoms with Gasteiger partial charge in [0.25, 0.3) is 0 Å². The summed E-state index contributed by atoms with van der Waals surface area (Å²) in [4.78, 5) is 10.5. The number of phenols is 1. The lowest BCUT2D eigenvalue weighted by atomic mass is 9.91. The number of hydrogen-bond acceptors (Lipinski definition) is 4. The van der Waals surface area contributed by atoms with Crippen LogP contribution in [0.15, 0.2) is 36.4 Å². The first-order valence-corrected chi connectivity index (χ1v) is 8.85. The lowest BCUT2D eigenvalue weighted by Crippen LogP contribution is -2.41. The summed E-state index contributed by atoms with van der Waals surface area (Å²) < 4.78 is 11.9. The SMILES string of the molecule is CC1(C)OC[C@@H](CC=CCCCCC(=O)O)[C@@H](c2ccccc2O)O1. The number of carboxylic acids is 1. The number of hydrogen-bond donors (Lipinski definition) is 2. The molecule has 0 bridgehead atoms. The second-order valence-corrected chi connectivity index (χ2v) is 6.91. The van der Waals surface area contributed by atoms with Crippen LogP contribution in [0.25, 0.3) is 0 Å². The minimum Gasteiger partial charge on any atom is -0.508 e. The van der Waals surface area contributed by atoms with E-state index in [2.05, 4.69) is 12.2 Å². The molecule has 1 saturated heterocycles. The van der Waals surface area contributed by atoms with E-state index >= 15 is 0 Å². The number of aromatic hydroxyl groups is 1. The molecule has 138 valence electrons. The first-order chi connectivity index (χ1) is 11.9. The van der Waals surface area contributed by atoms with Crippen molar-refractivity contribution in [3.63, 3.8) is 0 Å². The quantitative estimate of drug-likeness (QED) is 0.537. The summed E-state index contributed by atoms with van der Waals surface area (Å²) >= 11 is 0. The largest absolute Gasteiger partial charge is 0.508 e. The summed E-state index contributed by atoms with van der Waals surface area (Å²) in [7, 11) is 0. The highest BCUT2D eigenvalue weighted by atomic mass is 16.7. The molecule has 2 atom stereocenters. The van der Waals surface area contributed by atoms with E-state index in [4.69, 9.17) is 14.6 Å². The molecule has 1 aromatic rings. The van der Waals surface area contributed by atoms with Gasteiger partial charge in [-0.2, -0.15) is 0 Å². The van der Waals surface area contributed by atoms with Crippen molar-refractivity contribution in [2.75, 3.05) is 6.61 Å². The van der Waals surface area contributed by atoms with Crippen molar-refractivity contribution >= 4 is 5.97 Å².